The van der Waals surface area contributed by atoms with Crippen LogP contribution in [0.5, 0.6) is 0 Å². The van der Waals surface area contributed by atoms with E-state index in [1.54, 1.807) is 0 Å². The number of hydrogen-bond donors (Lipinski definition) is 2. The molecule has 0 aromatic heterocycles. The van der Waals surface area contributed by atoms with Gasteiger partial charge >= 0.3 is 11.9 Å². The average Bonchev–Trinajstić information content (AvgIpc) is 1.62. The molecule has 4 aliphatic heterocycles. The van der Waals surface area contributed by atoms with Crippen LogP contribution in [0.15, 0.2) is 217 Å². The Morgan fingerprint density at radius 1 is 0.440 bits per heavy atom. The highest BCUT2D eigenvalue weighted by molar-refractivity contribution is 6.09. The second-order valence-electron chi connectivity index (χ2n) is 27.9. The lowest BCUT2D eigenvalue weighted by Crippen LogP contribution is -2.28. The molecule has 0 atom stereocenters. The maximum Gasteiger partial charge on any atom is 0.303 e. The van der Waals surface area contributed by atoms with Crippen molar-refractivity contribution >= 4 is 89.2 Å². The molecular weight excluding hydrogens is 1120 g/mol. The molecule has 2 N–H and O–H groups in total. The standard InChI is InChI=1S/C45H48N2O2.C38H40N2O2/c1-44(2)39(46(5)37-25-23-33-16-8-10-18-35(33)42(37)44)27-21-31-14-13-15-32(30-31)22-28-40-45(3,4)43-36-19-11-9-17-34(36)24-26-38(43)47(40)29-12-6-7-20-41(48)49;1-37(2)32(39(5)30-23-21-26-14-8-10-16-28(26)35(30)37)18-13-19-33-38(3,4)36-29-17-11-9-15-27(29)22-24-31(36)40(33)25-12-6-7-20-34(41)42/h8-11,16-19,21-28,30H,6-7,12-15,20,29H2,1-5H3;8-11,13-19,21-24H,6-7,12,20,25H2,1-5H3/p+2. The maximum atomic E-state index is 11.1. The summed E-state index contributed by atoms with van der Waals surface area (Å²) in [6.45, 7) is 20.5. The van der Waals surface area contributed by atoms with Crippen molar-refractivity contribution in [3.8, 4) is 0 Å². The average molecular weight is 1210 g/mol. The summed E-state index contributed by atoms with van der Waals surface area (Å²) in [5.41, 5.74) is 18.1. The number of aliphatic carboxylic acids is 2. The fourth-order valence-electron chi connectivity index (χ4n) is 16.1. The van der Waals surface area contributed by atoms with Crippen molar-refractivity contribution in [3.05, 3.63) is 239 Å². The van der Waals surface area contributed by atoms with Gasteiger partial charge in [0, 0.05) is 94.9 Å². The molecule has 8 aromatic carbocycles. The van der Waals surface area contributed by atoms with Gasteiger partial charge in [0.1, 0.15) is 14.1 Å². The summed E-state index contributed by atoms with van der Waals surface area (Å²) in [7, 11) is 4.39. The molecule has 0 saturated carbocycles. The molecule has 0 fully saturated rings. The number of carboxylic acid groups (broad SMARTS) is 2. The van der Waals surface area contributed by atoms with Crippen molar-refractivity contribution < 1.29 is 29.0 Å². The monoisotopic (exact) mass is 1210 g/mol. The Morgan fingerprint density at radius 3 is 1.30 bits per heavy atom. The molecule has 0 saturated heterocycles. The second kappa shape index (κ2) is 25.1. The highest BCUT2D eigenvalue weighted by Gasteiger charge is 2.47. The van der Waals surface area contributed by atoms with Crippen molar-refractivity contribution in [2.75, 3.05) is 37.0 Å². The Morgan fingerprint density at radius 2 is 0.846 bits per heavy atom. The van der Waals surface area contributed by atoms with Gasteiger partial charge in [-0.05, 0) is 174 Å². The zero-order valence-corrected chi connectivity index (χ0v) is 55.2. The molecule has 0 amide bonds. The van der Waals surface area contributed by atoms with E-state index in [1.165, 1.54) is 122 Å². The molecule has 13 rings (SSSR count). The lowest BCUT2D eigenvalue weighted by molar-refractivity contribution is -0.401. The number of carboxylic acids is 2. The Bertz CT molecular complexity index is 4490. The van der Waals surface area contributed by atoms with Crippen LogP contribution in [0.4, 0.5) is 22.7 Å². The smallest absolute Gasteiger partial charge is 0.303 e. The molecule has 91 heavy (non-hydrogen) atoms. The molecular formula is C83H90N4O4+2. The van der Waals surface area contributed by atoms with Crippen LogP contribution < -0.4 is 9.80 Å². The van der Waals surface area contributed by atoms with E-state index in [0.717, 1.165) is 64.5 Å². The number of rotatable bonds is 17. The van der Waals surface area contributed by atoms with Crippen LogP contribution in [0.25, 0.3) is 43.1 Å². The zero-order chi connectivity index (χ0) is 64.0. The molecule has 0 bridgehead atoms. The highest BCUT2D eigenvalue weighted by atomic mass is 16.4. The van der Waals surface area contributed by atoms with E-state index in [1.807, 2.05) is 0 Å². The van der Waals surface area contributed by atoms with Gasteiger partial charge in [-0.25, -0.2) is 0 Å². The Balaban J connectivity index is 0.000000178. The van der Waals surface area contributed by atoms with Crippen LogP contribution in [0, 0.1) is 0 Å². The minimum Gasteiger partial charge on any atom is -0.481 e. The quantitative estimate of drug-likeness (QED) is 0.0698. The number of carbonyl (C=O) groups is 2. The normalized spacial score (nSPS) is 19.0. The van der Waals surface area contributed by atoms with Gasteiger partial charge in [-0.2, -0.15) is 9.15 Å². The molecule has 8 heteroatoms. The van der Waals surface area contributed by atoms with E-state index in [9.17, 15) is 9.59 Å². The SMILES string of the molecule is C[N+]1=C(C=CC2=CC(=CC=C3N(CCCCCC(=O)O)c4ccc5ccccc5c4C3(C)C)CCC2)C(C)(C)c2c1ccc1ccccc21.C[N+]1=C(C=CC=C2N(CCCCCC(=O)O)c3ccc4ccccc4c3C2(C)C)C(C)(C)c2c1ccc1ccccc21. The number of nitrogens with zero attached hydrogens (tertiary/aromatic N) is 4. The van der Waals surface area contributed by atoms with E-state index >= 15 is 0 Å². The molecule has 0 radical (unpaired) electrons. The number of allylic oxidation sites excluding steroid dienone is 12. The van der Waals surface area contributed by atoms with Crippen LogP contribution in [0.3, 0.4) is 0 Å². The lowest BCUT2D eigenvalue weighted by atomic mass is 9.79. The predicted molar refractivity (Wildman–Crippen MR) is 381 cm³/mol. The van der Waals surface area contributed by atoms with Gasteiger partial charge in [0.05, 0.1) is 10.8 Å². The Labute approximate surface area is 539 Å². The first-order chi connectivity index (χ1) is 43.7. The van der Waals surface area contributed by atoms with Crippen LogP contribution in [-0.2, 0) is 31.2 Å². The number of fused-ring (bicyclic) bond motifs is 12. The number of benzene rings is 8. The minimum atomic E-state index is -0.715. The summed E-state index contributed by atoms with van der Waals surface area (Å²) in [5, 5.41) is 28.6. The number of unbranched alkanes of at least 4 members (excludes halogenated alkanes) is 4. The minimum absolute atomic E-state index is 0.0932. The van der Waals surface area contributed by atoms with Crippen molar-refractivity contribution in [2.24, 2.45) is 0 Å². The van der Waals surface area contributed by atoms with Crippen molar-refractivity contribution in [1.82, 2.24) is 0 Å². The fourth-order valence-corrected chi connectivity index (χ4v) is 16.1. The van der Waals surface area contributed by atoms with Crippen molar-refractivity contribution in [2.45, 2.75) is 148 Å². The summed E-state index contributed by atoms with van der Waals surface area (Å²) in [6, 6.07) is 52.9. The Hall–Kier alpha value is -8.88. The van der Waals surface area contributed by atoms with E-state index < -0.39 is 11.9 Å². The summed E-state index contributed by atoms with van der Waals surface area (Å²) in [6.07, 6.45) is 27.6. The number of anilines is 2. The number of hydrogen-bond acceptors (Lipinski definition) is 4. The molecule has 0 spiro atoms. The van der Waals surface area contributed by atoms with Crippen molar-refractivity contribution in [1.29, 1.82) is 0 Å². The van der Waals surface area contributed by atoms with Gasteiger partial charge in [-0.3, -0.25) is 9.59 Å². The topological polar surface area (TPSA) is 87.1 Å². The summed E-state index contributed by atoms with van der Waals surface area (Å²) in [5.74, 6) is -1.43. The maximum absolute atomic E-state index is 11.1. The second-order valence-corrected chi connectivity index (χ2v) is 27.9. The highest BCUT2D eigenvalue weighted by Crippen LogP contribution is 2.53. The molecule has 8 nitrogen and oxygen atoms in total. The van der Waals surface area contributed by atoms with Crippen LogP contribution >= 0.6 is 0 Å². The van der Waals surface area contributed by atoms with Gasteiger partial charge < -0.3 is 20.0 Å². The van der Waals surface area contributed by atoms with Gasteiger partial charge in [-0.15, -0.1) is 0 Å². The van der Waals surface area contributed by atoms with Crippen LogP contribution in [0.2, 0.25) is 0 Å². The molecule has 5 aliphatic rings. The molecule has 4 heterocycles. The Kier molecular flexibility index (Phi) is 17.2. The van der Waals surface area contributed by atoms with Crippen LogP contribution in [0.1, 0.15) is 148 Å². The molecule has 8 aromatic rings. The lowest BCUT2D eigenvalue weighted by Gasteiger charge is -2.27. The fraction of sp³-hybridized carbons (Fsp3) is 0.325. The molecule has 464 valence electrons. The summed E-state index contributed by atoms with van der Waals surface area (Å²) >= 11 is 0. The van der Waals surface area contributed by atoms with Crippen molar-refractivity contribution in [3.63, 3.8) is 0 Å². The van der Waals surface area contributed by atoms with E-state index in [4.69, 9.17) is 10.2 Å². The third-order valence-electron chi connectivity index (χ3n) is 20.6. The van der Waals surface area contributed by atoms with Gasteiger partial charge in [0.2, 0.25) is 11.4 Å². The first-order valence-electron chi connectivity index (χ1n) is 33.2. The van der Waals surface area contributed by atoms with Gasteiger partial charge in [-0.1, -0.05) is 174 Å². The third kappa shape index (κ3) is 11.6. The van der Waals surface area contributed by atoms with E-state index in [0.29, 0.717) is 6.42 Å². The van der Waals surface area contributed by atoms with Crippen LogP contribution in [-0.4, -0.2) is 69.9 Å². The molecule has 1 aliphatic carbocycles. The predicted octanol–water partition coefficient (Wildman–Crippen LogP) is 19.8. The van der Waals surface area contributed by atoms with Gasteiger partial charge in [0.25, 0.3) is 0 Å². The zero-order valence-electron chi connectivity index (χ0n) is 55.2. The van der Waals surface area contributed by atoms with E-state index in [-0.39, 0.29) is 34.5 Å². The first kappa shape index (κ1) is 62.3. The first-order valence-corrected chi connectivity index (χ1v) is 33.2. The van der Waals surface area contributed by atoms with E-state index in [2.05, 4.69) is 283 Å². The molecule has 0 unspecified atom stereocenters. The third-order valence-corrected chi connectivity index (χ3v) is 20.6. The van der Waals surface area contributed by atoms with Gasteiger partial charge in [0.15, 0.2) is 11.4 Å². The summed E-state index contributed by atoms with van der Waals surface area (Å²) < 4.78 is 4.72. The summed E-state index contributed by atoms with van der Waals surface area (Å²) in [4.78, 5) is 27.1. The largest absolute Gasteiger partial charge is 0.481 e.